The van der Waals surface area contributed by atoms with Gasteiger partial charge in [0.1, 0.15) is 0 Å². The third-order valence-corrected chi connectivity index (χ3v) is 2.95. The van der Waals surface area contributed by atoms with Gasteiger partial charge in [-0.15, -0.1) is 0 Å². The molecule has 2 heteroatoms. The van der Waals surface area contributed by atoms with Gasteiger partial charge in [0.2, 0.25) is 0 Å². The van der Waals surface area contributed by atoms with Crippen LogP contribution in [0.1, 0.15) is 5.56 Å². The first-order chi connectivity index (χ1) is 9.24. The van der Waals surface area contributed by atoms with Gasteiger partial charge < -0.3 is 10.6 Å². The molecule has 0 heterocycles. The lowest BCUT2D eigenvalue weighted by Gasteiger charge is -2.10. The normalized spacial score (nSPS) is 11.1. The van der Waals surface area contributed by atoms with Crippen molar-refractivity contribution < 1.29 is 0 Å². The Morgan fingerprint density at radius 3 is 2.58 bits per heavy atom. The summed E-state index contributed by atoms with van der Waals surface area (Å²) in [6.07, 6.45) is 3.85. The van der Waals surface area contributed by atoms with Crippen molar-refractivity contribution >= 4 is 16.8 Å². The van der Waals surface area contributed by atoms with E-state index >= 15 is 0 Å². The van der Waals surface area contributed by atoms with Crippen LogP contribution in [0.4, 0.5) is 0 Å². The number of hydrogen-bond donors (Lipinski definition) is 2. The molecule has 0 atom stereocenters. The minimum atomic E-state index is 0.742. The van der Waals surface area contributed by atoms with Gasteiger partial charge >= 0.3 is 0 Å². The van der Waals surface area contributed by atoms with Crippen LogP contribution in [0.2, 0.25) is 0 Å². The molecule has 0 radical (unpaired) electrons. The van der Waals surface area contributed by atoms with Gasteiger partial charge in [0.05, 0.1) is 5.82 Å². The molecule has 0 aliphatic heterocycles. The van der Waals surface area contributed by atoms with Gasteiger partial charge in [-0.3, -0.25) is 0 Å². The fourth-order valence-corrected chi connectivity index (χ4v) is 1.93. The van der Waals surface area contributed by atoms with Gasteiger partial charge in [-0.2, -0.15) is 0 Å². The molecule has 0 aromatic heterocycles. The summed E-state index contributed by atoms with van der Waals surface area (Å²) in [6.45, 7) is 7.68. The maximum absolute atomic E-state index is 3.85. The van der Waals surface area contributed by atoms with Crippen molar-refractivity contribution in [3.05, 3.63) is 78.8 Å². The number of fused-ring (bicyclic) bond motifs is 1. The first-order valence-electron chi connectivity index (χ1n) is 6.20. The summed E-state index contributed by atoms with van der Waals surface area (Å²) in [5, 5.41) is 8.58. The van der Waals surface area contributed by atoms with Gasteiger partial charge in [-0.1, -0.05) is 55.6 Å². The molecule has 0 saturated carbocycles. The van der Waals surface area contributed by atoms with Crippen LogP contribution in [0.5, 0.6) is 0 Å². The highest BCUT2D eigenvalue weighted by molar-refractivity contribution is 5.91. The van der Waals surface area contributed by atoms with Crippen LogP contribution in [-0.2, 0) is 0 Å². The van der Waals surface area contributed by atoms with Crippen LogP contribution in [0, 0.1) is 0 Å². The van der Waals surface area contributed by atoms with Crippen molar-refractivity contribution in [3.8, 4) is 0 Å². The molecule has 2 aromatic carbocycles. The molecule has 19 heavy (non-hydrogen) atoms. The van der Waals surface area contributed by atoms with Crippen LogP contribution < -0.4 is 10.6 Å². The molecule has 2 rings (SSSR count). The zero-order valence-corrected chi connectivity index (χ0v) is 11.1. The Kier molecular flexibility index (Phi) is 4.04. The lowest BCUT2D eigenvalue weighted by molar-refractivity contribution is 0.859. The molecule has 0 bridgehead atoms. The lowest BCUT2D eigenvalue weighted by Crippen LogP contribution is -2.20. The molecular formula is C17H18N2. The van der Waals surface area contributed by atoms with E-state index in [9.17, 15) is 0 Å². The van der Waals surface area contributed by atoms with Crippen molar-refractivity contribution in [3.63, 3.8) is 0 Å². The molecule has 0 amide bonds. The third kappa shape index (κ3) is 3.05. The van der Waals surface area contributed by atoms with Crippen molar-refractivity contribution in [2.24, 2.45) is 0 Å². The van der Waals surface area contributed by atoms with Gasteiger partial charge in [0.15, 0.2) is 0 Å². The van der Waals surface area contributed by atoms with Gasteiger partial charge in [-0.25, -0.2) is 0 Å². The fraction of sp³-hybridized carbons (Fsp3) is 0.0588. The molecule has 96 valence electrons. The highest BCUT2D eigenvalue weighted by atomic mass is 15.1. The molecule has 0 unspecified atom stereocenters. The minimum Gasteiger partial charge on any atom is -0.375 e. The minimum absolute atomic E-state index is 0.742. The van der Waals surface area contributed by atoms with E-state index in [1.165, 1.54) is 10.8 Å². The Balaban J connectivity index is 2.43. The third-order valence-electron chi connectivity index (χ3n) is 2.95. The van der Waals surface area contributed by atoms with Crippen LogP contribution >= 0.6 is 0 Å². The Hall–Kier alpha value is -2.48. The predicted octanol–water partition coefficient (Wildman–Crippen LogP) is 3.65. The maximum atomic E-state index is 3.85. The van der Waals surface area contributed by atoms with Crippen LogP contribution in [0.3, 0.4) is 0 Å². The first-order valence-corrected chi connectivity index (χ1v) is 6.20. The maximum Gasteiger partial charge on any atom is 0.0954 e. The van der Waals surface area contributed by atoms with Gasteiger partial charge in [0.25, 0.3) is 0 Å². The largest absolute Gasteiger partial charge is 0.375 e. The molecule has 2 N–H and O–H groups in total. The lowest BCUT2D eigenvalue weighted by atomic mass is 10.0. The van der Waals surface area contributed by atoms with E-state index in [0.717, 1.165) is 17.1 Å². The Morgan fingerprint density at radius 2 is 1.84 bits per heavy atom. The quantitative estimate of drug-likeness (QED) is 0.792. The summed E-state index contributed by atoms with van der Waals surface area (Å²) in [7, 11) is 1.83. The summed E-state index contributed by atoms with van der Waals surface area (Å²) >= 11 is 0. The first kappa shape index (κ1) is 13.0. The Morgan fingerprint density at radius 1 is 1.11 bits per heavy atom. The van der Waals surface area contributed by atoms with E-state index in [4.69, 9.17) is 0 Å². The summed E-state index contributed by atoms with van der Waals surface area (Å²) in [5.41, 5.74) is 2.07. The summed E-state index contributed by atoms with van der Waals surface area (Å²) < 4.78 is 0. The highest BCUT2D eigenvalue weighted by Crippen LogP contribution is 2.20. The molecule has 0 fully saturated rings. The van der Waals surface area contributed by atoms with Crippen molar-refractivity contribution in [1.82, 2.24) is 10.6 Å². The van der Waals surface area contributed by atoms with E-state index in [0.29, 0.717) is 0 Å². The molecule has 2 nitrogen and oxygen atoms in total. The van der Waals surface area contributed by atoms with Crippen molar-refractivity contribution in [2.45, 2.75) is 0 Å². The monoisotopic (exact) mass is 250 g/mol. The molecule has 0 saturated heterocycles. The number of allylic oxidation sites excluding steroid dienone is 1. The SMILES string of the molecule is C=C/C(=C/c1cccc2ccccc12)NC(=C)NC. The fourth-order valence-electron chi connectivity index (χ4n) is 1.93. The molecule has 2 aromatic rings. The van der Waals surface area contributed by atoms with Crippen molar-refractivity contribution in [1.29, 1.82) is 0 Å². The second kappa shape index (κ2) is 5.91. The number of benzene rings is 2. The number of rotatable bonds is 5. The molecular weight excluding hydrogens is 232 g/mol. The van der Waals surface area contributed by atoms with Gasteiger partial charge in [0, 0.05) is 12.7 Å². The molecule has 0 spiro atoms. The number of hydrogen-bond acceptors (Lipinski definition) is 2. The molecule has 0 aliphatic rings. The topological polar surface area (TPSA) is 24.1 Å². The summed E-state index contributed by atoms with van der Waals surface area (Å²) in [4.78, 5) is 0. The highest BCUT2D eigenvalue weighted by Gasteiger charge is 1.99. The smallest absolute Gasteiger partial charge is 0.0954 e. The summed E-state index contributed by atoms with van der Waals surface area (Å²) in [6, 6.07) is 14.6. The van der Waals surface area contributed by atoms with Gasteiger partial charge in [-0.05, 0) is 28.5 Å². The zero-order valence-electron chi connectivity index (χ0n) is 11.1. The van der Waals surface area contributed by atoms with E-state index in [1.54, 1.807) is 6.08 Å². The standard InChI is InChI=1S/C17H18N2/c1-4-16(19-13(2)18-3)12-15-10-7-9-14-8-5-6-11-17(14)15/h4-12,18-19H,1-2H2,3H3/b16-12-. The van der Waals surface area contributed by atoms with E-state index in [1.807, 2.05) is 19.2 Å². The zero-order chi connectivity index (χ0) is 13.7. The molecule has 0 aliphatic carbocycles. The van der Waals surface area contributed by atoms with E-state index < -0.39 is 0 Å². The Labute approximate surface area is 114 Å². The van der Waals surface area contributed by atoms with E-state index in [-0.39, 0.29) is 0 Å². The van der Waals surface area contributed by atoms with Crippen LogP contribution in [-0.4, -0.2) is 7.05 Å². The predicted molar refractivity (Wildman–Crippen MR) is 83.5 cm³/mol. The van der Waals surface area contributed by atoms with Crippen molar-refractivity contribution in [2.75, 3.05) is 7.05 Å². The van der Waals surface area contributed by atoms with Crippen LogP contribution in [0.25, 0.3) is 16.8 Å². The second-order valence-corrected chi connectivity index (χ2v) is 4.23. The second-order valence-electron chi connectivity index (χ2n) is 4.23. The average molecular weight is 250 g/mol. The summed E-state index contributed by atoms with van der Waals surface area (Å²) in [5.74, 6) is 0.742. The Bertz CT molecular complexity index is 633. The average Bonchev–Trinajstić information content (AvgIpc) is 2.46. The van der Waals surface area contributed by atoms with Crippen LogP contribution in [0.15, 0.2) is 73.2 Å². The number of nitrogens with one attached hydrogen (secondary N) is 2. The van der Waals surface area contributed by atoms with E-state index in [2.05, 4.69) is 60.2 Å².